The van der Waals surface area contributed by atoms with E-state index in [9.17, 15) is 19.7 Å². The van der Waals surface area contributed by atoms with Crippen molar-refractivity contribution in [1.29, 1.82) is 0 Å². The lowest BCUT2D eigenvalue weighted by molar-refractivity contribution is -0.384. The number of anilines is 2. The van der Waals surface area contributed by atoms with Gasteiger partial charge >= 0.3 is 0 Å². The molecule has 2 amide bonds. The van der Waals surface area contributed by atoms with Gasteiger partial charge in [-0.1, -0.05) is 17.7 Å². The zero-order valence-corrected chi connectivity index (χ0v) is 17.1. The Bertz CT molecular complexity index is 943. The number of hydrogen-bond donors (Lipinski definition) is 1. The summed E-state index contributed by atoms with van der Waals surface area (Å²) in [7, 11) is 0. The SMILES string of the molecule is CC(=O)N1CCN(c2c(Cl)cccc2NC(=O)COc2ccc([N+](=O)[O-])cc2)CC1. The van der Waals surface area contributed by atoms with Crippen LogP contribution in [0.1, 0.15) is 6.92 Å². The molecule has 1 saturated heterocycles. The lowest BCUT2D eigenvalue weighted by Crippen LogP contribution is -2.48. The molecule has 0 bridgehead atoms. The second-order valence-corrected chi connectivity index (χ2v) is 7.12. The number of non-ortho nitro benzene ring substituents is 1. The number of piperazine rings is 1. The highest BCUT2D eigenvalue weighted by Gasteiger charge is 2.23. The molecule has 30 heavy (non-hydrogen) atoms. The summed E-state index contributed by atoms with van der Waals surface area (Å²) >= 11 is 6.40. The summed E-state index contributed by atoms with van der Waals surface area (Å²) in [6.07, 6.45) is 0. The van der Waals surface area contributed by atoms with Gasteiger partial charge in [0.25, 0.3) is 11.6 Å². The maximum Gasteiger partial charge on any atom is 0.269 e. The van der Waals surface area contributed by atoms with E-state index < -0.39 is 4.92 Å². The molecule has 3 rings (SSSR count). The summed E-state index contributed by atoms with van der Waals surface area (Å²) in [5.74, 6) is -0.00705. The summed E-state index contributed by atoms with van der Waals surface area (Å²) < 4.78 is 5.41. The maximum atomic E-state index is 12.4. The van der Waals surface area contributed by atoms with E-state index in [0.29, 0.717) is 48.3 Å². The van der Waals surface area contributed by atoms with Crippen LogP contribution in [0.25, 0.3) is 0 Å². The fourth-order valence-electron chi connectivity index (χ4n) is 3.18. The van der Waals surface area contributed by atoms with Crippen molar-refractivity contribution in [3.8, 4) is 5.75 Å². The number of nitrogens with zero attached hydrogens (tertiary/aromatic N) is 3. The van der Waals surface area contributed by atoms with Gasteiger partial charge in [-0.3, -0.25) is 19.7 Å². The number of rotatable bonds is 6. The van der Waals surface area contributed by atoms with Crippen LogP contribution in [0, 0.1) is 10.1 Å². The fraction of sp³-hybridized carbons (Fsp3) is 0.300. The Hall–Kier alpha value is -3.33. The number of halogens is 1. The second kappa shape index (κ2) is 9.45. The van der Waals surface area contributed by atoms with Crippen LogP contribution in [-0.4, -0.2) is 54.4 Å². The van der Waals surface area contributed by atoms with E-state index in [1.807, 2.05) is 4.90 Å². The van der Waals surface area contributed by atoms with Gasteiger partial charge in [0.2, 0.25) is 5.91 Å². The molecule has 2 aromatic carbocycles. The predicted molar refractivity (Wildman–Crippen MR) is 113 cm³/mol. The number of carbonyl (C=O) groups excluding carboxylic acids is 2. The third-order valence-electron chi connectivity index (χ3n) is 4.72. The summed E-state index contributed by atoms with van der Waals surface area (Å²) in [5, 5.41) is 14.0. The largest absolute Gasteiger partial charge is 0.484 e. The van der Waals surface area contributed by atoms with Crippen LogP contribution in [0.15, 0.2) is 42.5 Å². The van der Waals surface area contributed by atoms with Crippen molar-refractivity contribution in [2.45, 2.75) is 6.92 Å². The molecule has 10 heteroatoms. The van der Waals surface area contributed by atoms with Gasteiger partial charge < -0.3 is 19.9 Å². The van der Waals surface area contributed by atoms with Gasteiger partial charge in [-0.2, -0.15) is 0 Å². The first-order chi connectivity index (χ1) is 14.3. The Labute approximate surface area is 178 Å². The Morgan fingerprint density at radius 2 is 1.80 bits per heavy atom. The number of benzene rings is 2. The van der Waals surface area contributed by atoms with Crippen LogP contribution in [0.2, 0.25) is 5.02 Å². The highest BCUT2D eigenvalue weighted by Crippen LogP contribution is 2.34. The highest BCUT2D eigenvalue weighted by molar-refractivity contribution is 6.34. The number of amides is 2. The van der Waals surface area contributed by atoms with Crippen LogP contribution < -0.4 is 15.0 Å². The Morgan fingerprint density at radius 3 is 2.40 bits per heavy atom. The molecule has 0 spiro atoms. The Balaban J connectivity index is 1.63. The minimum Gasteiger partial charge on any atom is -0.484 e. The van der Waals surface area contributed by atoms with E-state index in [2.05, 4.69) is 5.32 Å². The maximum absolute atomic E-state index is 12.4. The predicted octanol–water partition coefficient (Wildman–Crippen LogP) is 2.93. The number of para-hydroxylation sites is 1. The van der Waals surface area contributed by atoms with Crippen molar-refractivity contribution in [2.24, 2.45) is 0 Å². The van der Waals surface area contributed by atoms with E-state index >= 15 is 0 Å². The lowest BCUT2D eigenvalue weighted by Gasteiger charge is -2.36. The van der Waals surface area contributed by atoms with Crippen molar-refractivity contribution < 1.29 is 19.2 Å². The first kappa shape index (κ1) is 21.4. The Kier molecular flexibility index (Phi) is 6.73. The molecule has 0 saturated carbocycles. The number of carbonyl (C=O) groups is 2. The average molecular weight is 433 g/mol. The lowest BCUT2D eigenvalue weighted by atomic mass is 10.2. The van der Waals surface area contributed by atoms with Gasteiger partial charge in [-0.25, -0.2) is 0 Å². The van der Waals surface area contributed by atoms with Crippen LogP contribution >= 0.6 is 11.6 Å². The molecule has 0 atom stereocenters. The molecule has 1 heterocycles. The van der Waals surface area contributed by atoms with Gasteiger partial charge in [0.1, 0.15) is 5.75 Å². The molecule has 2 aromatic rings. The first-order valence-electron chi connectivity index (χ1n) is 9.31. The van der Waals surface area contributed by atoms with Crippen LogP contribution in [-0.2, 0) is 9.59 Å². The van der Waals surface area contributed by atoms with Gasteiger partial charge in [0, 0.05) is 45.2 Å². The summed E-state index contributed by atoms with van der Waals surface area (Å²) in [5.41, 5.74) is 1.20. The minimum absolute atomic E-state index is 0.0331. The molecule has 158 valence electrons. The van der Waals surface area contributed by atoms with E-state index in [1.54, 1.807) is 30.0 Å². The molecule has 1 N–H and O–H groups in total. The fourth-order valence-corrected chi connectivity index (χ4v) is 3.48. The number of nitro benzene ring substituents is 1. The molecule has 0 aliphatic carbocycles. The summed E-state index contributed by atoms with van der Waals surface area (Å²) in [6.45, 7) is 3.65. The molecule has 0 unspecified atom stereocenters. The van der Waals surface area contributed by atoms with Crippen molar-refractivity contribution in [2.75, 3.05) is 43.0 Å². The quantitative estimate of drug-likeness (QED) is 0.555. The molecule has 9 nitrogen and oxygen atoms in total. The van der Waals surface area contributed by atoms with Crippen LogP contribution in [0.4, 0.5) is 17.1 Å². The van der Waals surface area contributed by atoms with Crippen LogP contribution in [0.5, 0.6) is 5.75 Å². The van der Waals surface area contributed by atoms with E-state index in [1.165, 1.54) is 24.3 Å². The smallest absolute Gasteiger partial charge is 0.269 e. The van der Waals surface area contributed by atoms with Crippen molar-refractivity contribution in [1.82, 2.24) is 4.90 Å². The third-order valence-corrected chi connectivity index (χ3v) is 5.02. The van der Waals surface area contributed by atoms with Crippen molar-refractivity contribution in [3.63, 3.8) is 0 Å². The van der Waals surface area contributed by atoms with E-state index in [-0.39, 0.29) is 24.1 Å². The standard InChI is InChI=1S/C20H21ClN4O5/c1-14(26)23-9-11-24(12-10-23)20-17(21)3-2-4-18(20)22-19(27)13-30-16-7-5-15(6-8-16)25(28)29/h2-8H,9-13H2,1H3,(H,22,27). The number of hydrogen-bond acceptors (Lipinski definition) is 6. The average Bonchev–Trinajstić information content (AvgIpc) is 2.73. The second-order valence-electron chi connectivity index (χ2n) is 6.72. The normalized spacial score (nSPS) is 13.7. The van der Waals surface area contributed by atoms with Crippen LogP contribution in [0.3, 0.4) is 0 Å². The first-order valence-corrected chi connectivity index (χ1v) is 9.69. The molecule has 0 aromatic heterocycles. The molecule has 1 aliphatic heterocycles. The van der Waals surface area contributed by atoms with Gasteiger partial charge in [-0.05, 0) is 24.3 Å². The van der Waals surface area contributed by atoms with Crippen molar-refractivity contribution >= 4 is 40.5 Å². The van der Waals surface area contributed by atoms with E-state index in [4.69, 9.17) is 16.3 Å². The summed E-state index contributed by atoms with van der Waals surface area (Å²) in [6, 6.07) is 10.7. The molecule has 0 radical (unpaired) electrons. The van der Waals surface area contributed by atoms with Crippen molar-refractivity contribution in [3.05, 3.63) is 57.6 Å². The number of nitro groups is 1. The zero-order valence-electron chi connectivity index (χ0n) is 16.3. The summed E-state index contributed by atoms with van der Waals surface area (Å²) in [4.78, 5) is 37.9. The third kappa shape index (κ3) is 5.18. The molecule has 1 fully saturated rings. The van der Waals surface area contributed by atoms with E-state index in [0.717, 1.165) is 0 Å². The van der Waals surface area contributed by atoms with Gasteiger partial charge in [-0.15, -0.1) is 0 Å². The van der Waals surface area contributed by atoms with Gasteiger partial charge in [0.05, 0.1) is 21.3 Å². The molecule has 1 aliphatic rings. The number of ether oxygens (including phenoxy) is 1. The highest BCUT2D eigenvalue weighted by atomic mass is 35.5. The minimum atomic E-state index is -0.507. The molecular formula is C20H21ClN4O5. The topological polar surface area (TPSA) is 105 Å². The van der Waals surface area contributed by atoms with Gasteiger partial charge in [0.15, 0.2) is 6.61 Å². The monoisotopic (exact) mass is 432 g/mol. The number of nitrogens with one attached hydrogen (secondary N) is 1. The molecular weight excluding hydrogens is 412 g/mol. The zero-order chi connectivity index (χ0) is 21.7. The Morgan fingerprint density at radius 1 is 1.13 bits per heavy atom.